The zero-order chi connectivity index (χ0) is 14.2. The van der Waals surface area contributed by atoms with Crippen LogP contribution in [0, 0.1) is 13.8 Å². The van der Waals surface area contributed by atoms with Crippen LogP contribution in [-0.2, 0) is 6.42 Å². The molecular formula is C18H24N2. The molecule has 0 radical (unpaired) electrons. The van der Waals surface area contributed by atoms with Gasteiger partial charge >= 0.3 is 0 Å². The van der Waals surface area contributed by atoms with E-state index in [1.807, 2.05) is 0 Å². The van der Waals surface area contributed by atoms with Gasteiger partial charge in [-0.05, 0) is 55.6 Å². The molecule has 2 heteroatoms. The number of aryl methyl sites for hydroxylation is 2. The monoisotopic (exact) mass is 268 g/mol. The maximum Gasteiger partial charge on any atom is 0.0343 e. The lowest BCUT2D eigenvalue weighted by Gasteiger charge is -2.09. The largest absolute Gasteiger partial charge is 0.384 e. The van der Waals surface area contributed by atoms with Crippen LogP contribution in [-0.4, -0.2) is 19.6 Å². The van der Waals surface area contributed by atoms with Crippen LogP contribution < -0.4 is 10.6 Å². The highest BCUT2D eigenvalue weighted by molar-refractivity contribution is 5.48. The van der Waals surface area contributed by atoms with Crippen LogP contribution >= 0.6 is 0 Å². The van der Waals surface area contributed by atoms with Crippen molar-refractivity contribution in [2.45, 2.75) is 20.3 Å². The fourth-order valence-electron chi connectivity index (χ4n) is 2.15. The molecule has 0 saturated carbocycles. The summed E-state index contributed by atoms with van der Waals surface area (Å²) in [5.74, 6) is 0. The highest BCUT2D eigenvalue weighted by Gasteiger charge is 1.96. The van der Waals surface area contributed by atoms with Gasteiger partial charge in [0.25, 0.3) is 0 Å². The van der Waals surface area contributed by atoms with Crippen LogP contribution in [0.5, 0.6) is 0 Å². The molecule has 2 aromatic rings. The van der Waals surface area contributed by atoms with E-state index in [0.717, 1.165) is 26.1 Å². The lowest BCUT2D eigenvalue weighted by atomic mass is 10.1. The second-order valence-electron chi connectivity index (χ2n) is 5.21. The molecule has 0 aliphatic heterocycles. The lowest BCUT2D eigenvalue weighted by molar-refractivity contribution is 0.699. The van der Waals surface area contributed by atoms with E-state index in [0.29, 0.717) is 0 Å². The Hall–Kier alpha value is -1.80. The molecule has 0 aliphatic rings. The predicted molar refractivity (Wildman–Crippen MR) is 87.4 cm³/mol. The molecule has 0 heterocycles. The summed E-state index contributed by atoms with van der Waals surface area (Å²) in [6.45, 7) is 7.26. The first-order valence-electron chi connectivity index (χ1n) is 7.31. The molecule has 0 saturated heterocycles. The SMILES string of the molecule is Cc1ccc(NCCNCCc2ccccc2)cc1C. The van der Waals surface area contributed by atoms with Crippen LogP contribution in [0.1, 0.15) is 16.7 Å². The maximum atomic E-state index is 3.47. The Morgan fingerprint density at radius 2 is 1.60 bits per heavy atom. The van der Waals surface area contributed by atoms with E-state index < -0.39 is 0 Å². The Labute approximate surface area is 122 Å². The van der Waals surface area contributed by atoms with E-state index in [4.69, 9.17) is 0 Å². The third kappa shape index (κ3) is 4.71. The molecule has 0 amide bonds. The van der Waals surface area contributed by atoms with E-state index in [2.05, 4.69) is 73.0 Å². The third-order valence-electron chi connectivity index (χ3n) is 3.57. The van der Waals surface area contributed by atoms with Crippen LogP contribution in [0.15, 0.2) is 48.5 Å². The van der Waals surface area contributed by atoms with Gasteiger partial charge in [0, 0.05) is 18.8 Å². The van der Waals surface area contributed by atoms with Gasteiger partial charge in [-0.1, -0.05) is 36.4 Å². The quantitative estimate of drug-likeness (QED) is 0.750. The summed E-state index contributed by atoms with van der Waals surface area (Å²) in [6.07, 6.45) is 1.09. The van der Waals surface area contributed by atoms with Gasteiger partial charge in [0.2, 0.25) is 0 Å². The van der Waals surface area contributed by atoms with Crippen molar-refractivity contribution in [2.24, 2.45) is 0 Å². The summed E-state index contributed by atoms with van der Waals surface area (Å²) >= 11 is 0. The van der Waals surface area contributed by atoms with Gasteiger partial charge in [0.15, 0.2) is 0 Å². The molecule has 0 spiro atoms. The lowest BCUT2D eigenvalue weighted by Crippen LogP contribution is -2.24. The van der Waals surface area contributed by atoms with Crippen molar-refractivity contribution < 1.29 is 0 Å². The average Bonchev–Trinajstić information content (AvgIpc) is 2.47. The number of anilines is 1. The zero-order valence-electron chi connectivity index (χ0n) is 12.4. The first kappa shape index (κ1) is 14.6. The molecule has 0 fully saturated rings. The highest BCUT2D eigenvalue weighted by Crippen LogP contribution is 2.13. The number of hydrogen-bond acceptors (Lipinski definition) is 2. The van der Waals surface area contributed by atoms with E-state index in [-0.39, 0.29) is 0 Å². The van der Waals surface area contributed by atoms with Crippen LogP contribution in [0.4, 0.5) is 5.69 Å². The second kappa shape index (κ2) is 7.71. The molecule has 0 bridgehead atoms. The Kier molecular flexibility index (Phi) is 5.63. The Bertz CT molecular complexity index is 520. The average molecular weight is 268 g/mol. The molecule has 2 aromatic carbocycles. The molecule has 20 heavy (non-hydrogen) atoms. The predicted octanol–water partition coefficient (Wildman–Crippen LogP) is 3.55. The molecule has 2 N–H and O–H groups in total. The van der Waals surface area contributed by atoms with Gasteiger partial charge in [0.05, 0.1) is 0 Å². The van der Waals surface area contributed by atoms with Crippen molar-refractivity contribution in [1.29, 1.82) is 0 Å². The number of nitrogens with one attached hydrogen (secondary N) is 2. The summed E-state index contributed by atoms with van der Waals surface area (Å²) in [4.78, 5) is 0. The molecule has 2 rings (SSSR count). The van der Waals surface area contributed by atoms with Crippen molar-refractivity contribution in [3.05, 3.63) is 65.2 Å². The number of benzene rings is 2. The summed E-state index contributed by atoms with van der Waals surface area (Å²) in [5.41, 5.74) is 5.28. The minimum atomic E-state index is 0.956. The minimum Gasteiger partial charge on any atom is -0.384 e. The maximum absolute atomic E-state index is 3.47. The summed E-state index contributed by atoms with van der Waals surface area (Å²) < 4.78 is 0. The van der Waals surface area contributed by atoms with Gasteiger partial charge in [-0.15, -0.1) is 0 Å². The Balaban J connectivity index is 1.61. The zero-order valence-corrected chi connectivity index (χ0v) is 12.4. The number of rotatable bonds is 7. The van der Waals surface area contributed by atoms with Crippen molar-refractivity contribution in [2.75, 3.05) is 25.0 Å². The van der Waals surface area contributed by atoms with Gasteiger partial charge in [-0.2, -0.15) is 0 Å². The van der Waals surface area contributed by atoms with Gasteiger partial charge in [0.1, 0.15) is 0 Å². The highest BCUT2D eigenvalue weighted by atomic mass is 14.9. The summed E-state index contributed by atoms with van der Waals surface area (Å²) in [6, 6.07) is 17.1. The van der Waals surface area contributed by atoms with Crippen molar-refractivity contribution in [1.82, 2.24) is 5.32 Å². The standard InChI is InChI=1S/C18H24N2/c1-15-8-9-18(14-16(15)2)20-13-12-19-11-10-17-6-4-3-5-7-17/h3-9,14,19-20H,10-13H2,1-2H3. The smallest absolute Gasteiger partial charge is 0.0343 e. The normalized spacial score (nSPS) is 10.5. The fourth-order valence-corrected chi connectivity index (χ4v) is 2.15. The molecular weight excluding hydrogens is 244 g/mol. The van der Waals surface area contributed by atoms with E-state index in [9.17, 15) is 0 Å². The van der Waals surface area contributed by atoms with Crippen molar-refractivity contribution >= 4 is 5.69 Å². The van der Waals surface area contributed by atoms with Crippen LogP contribution in [0.2, 0.25) is 0 Å². The van der Waals surface area contributed by atoms with E-state index >= 15 is 0 Å². The Morgan fingerprint density at radius 1 is 0.800 bits per heavy atom. The summed E-state index contributed by atoms with van der Waals surface area (Å²) in [5, 5.41) is 6.92. The van der Waals surface area contributed by atoms with Gasteiger partial charge in [-0.25, -0.2) is 0 Å². The minimum absolute atomic E-state index is 0.956. The number of hydrogen-bond donors (Lipinski definition) is 2. The van der Waals surface area contributed by atoms with Crippen molar-refractivity contribution in [3.63, 3.8) is 0 Å². The molecule has 106 valence electrons. The fraction of sp³-hybridized carbons (Fsp3) is 0.333. The van der Waals surface area contributed by atoms with Crippen molar-refractivity contribution in [3.8, 4) is 0 Å². The molecule has 0 aromatic heterocycles. The van der Waals surface area contributed by atoms with Gasteiger partial charge in [-0.3, -0.25) is 0 Å². The molecule has 0 unspecified atom stereocenters. The topological polar surface area (TPSA) is 24.1 Å². The van der Waals surface area contributed by atoms with Gasteiger partial charge < -0.3 is 10.6 Å². The van der Waals surface area contributed by atoms with E-state index in [1.165, 1.54) is 22.4 Å². The molecule has 0 aliphatic carbocycles. The van der Waals surface area contributed by atoms with E-state index in [1.54, 1.807) is 0 Å². The third-order valence-corrected chi connectivity index (χ3v) is 3.57. The second-order valence-corrected chi connectivity index (χ2v) is 5.21. The Morgan fingerprint density at radius 3 is 2.35 bits per heavy atom. The van der Waals surface area contributed by atoms with Crippen LogP contribution in [0.25, 0.3) is 0 Å². The summed E-state index contributed by atoms with van der Waals surface area (Å²) in [7, 11) is 0. The van der Waals surface area contributed by atoms with Crippen LogP contribution in [0.3, 0.4) is 0 Å². The first-order valence-corrected chi connectivity index (χ1v) is 7.31. The molecule has 2 nitrogen and oxygen atoms in total. The molecule has 0 atom stereocenters. The first-order chi connectivity index (χ1) is 9.75.